The van der Waals surface area contributed by atoms with Crippen molar-refractivity contribution in [2.45, 2.75) is 26.4 Å². The number of carbonyl (C=O) groups excluding carboxylic acids is 2. The molecule has 27 heavy (non-hydrogen) atoms. The van der Waals surface area contributed by atoms with Gasteiger partial charge in [0.25, 0.3) is 0 Å². The first-order valence-corrected chi connectivity index (χ1v) is 8.12. The third kappa shape index (κ3) is 6.89. The summed E-state index contributed by atoms with van der Waals surface area (Å²) < 4.78 is 47.9. The predicted octanol–water partition coefficient (Wildman–Crippen LogP) is 3.95. The minimum absolute atomic E-state index is 0.242. The van der Waals surface area contributed by atoms with Gasteiger partial charge in [-0.1, -0.05) is 18.2 Å². The highest BCUT2D eigenvalue weighted by Gasteiger charge is 2.17. The number of alkyl carbamates (subject to hydrolysis) is 1. The quantitative estimate of drug-likeness (QED) is 0.797. The van der Waals surface area contributed by atoms with Crippen LogP contribution in [0.2, 0.25) is 0 Å². The van der Waals surface area contributed by atoms with Crippen LogP contribution in [0, 0.1) is 0 Å². The van der Waals surface area contributed by atoms with Crippen LogP contribution in [0.15, 0.2) is 48.4 Å². The predicted molar refractivity (Wildman–Crippen MR) is 102 cm³/mol. The maximum Gasteiger partial charge on any atom is 0.408 e. The molecule has 0 unspecified atom stereocenters. The van der Waals surface area contributed by atoms with E-state index in [1.807, 2.05) is 0 Å². The first kappa shape index (κ1) is 14.9. The normalized spacial score (nSPS) is 12.7. The van der Waals surface area contributed by atoms with E-state index in [2.05, 4.69) is 10.6 Å². The first-order chi connectivity index (χ1) is 14.4. The van der Waals surface area contributed by atoms with Crippen LogP contribution >= 0.6 is 0 Å². The van der Waals surface area contributed by atoms with Crippen LogP contribution in [0.25, 0.3) is 0 Å². The maximum atomic E-state index is 12.3. The lowest BCUT2D eigenvalue weighted by Gasteiger charge is -2.19. The number of nitrogens with one attached hydrogen (secondary N) is 2. The largest absolute Gasteiger partial charge is 0.497 e. The molecule has 0 fully saturated rings. The van der Waals surface area contributed by atoms with Gasteiger partial charge in [-0.05, 0) is 45.0 Å². The molecule has 144 valence electrons. The van der Waals surface area contributed by atoms with E-state index in [0.29, 0.717) is 5.75 Å². The molecule has 0 aliphatic heterocycles. The molecule has 0 aliphatic carbocycles. The fraction of sp³-hybridized carbons (Fsp3) is 0.300. The Kier molecular flexibility index (Phi) is 4.93. The highest BCUT2D eigenvalue weighted by atomic mass is 16.6. The zero-order chi connectivity index (χ0) is 23.3. The number of methoxy groups -OCH3 is 1. The molecule has 0 radical (unpaired) electrons. The van der Waals surface area contributed by atoms with E-state index in [9.17, 15) is 9.59 Å². The highest BCUT2D eigenvalue weighted by molar-refractivity contribution is 5.95. The molecule has 7 heteroatoms. The zero-order valence-electron chi connectivity index (χ0n) is 19.6. The molecule has 2 aromatic rings. The van der Waals surface area contributed by atoms with Gasteiger partial charge < -0.3 is 24.8 Å². The summed E-state index contributed by atoms with van der Waals surface area (Å²) in [5, 5.41) is 4.66. The van der Waals surface area contributed by atoms with Crippen LogP contribution in [0.1, 0.15) is 26.3 Å². The maximum absolute atomic E-state index is 12.3. The second-order valence-corrected chi connectivity index (χ2v) is 6.39. The molecule has 2 aromatic carbocycles. The molecular formula is C20H24N2O5. The van der Waals surface area contributed by atoms with Crippen molar-refractivity contribution in [1.29, 1.82) is 0 Å². The van der Waals surface area contributed by atoms with Crippen LogP contribution in [0.5, 0.6) is 17.2 Å². The number of hydrogen-bond donors (Lipinski definition) is 2. The Labute approximate surface area is 164 Å². The average molecular weight is 376 g/mol. The summed E-state index contributed by atoms with van der Waals surface area (Å²) in [5.41, 5.74) is -0.999. The topological polar surface area (TPSA) is 85.9 Å². The molecule has 0 atom stereocenters. The van der Waals surface area contributed by atoms with Crippen molar-refractivity contribution in [2.75, 3.05) is 19.0 Å². The number of rotatable bonds is 6. The van der Waals surface area contributed by atoms with Gasteiger partial charge in [0, 0.05) is 6.07 Å². The summed E-state index contributed by atoms with van der Waals surface area (Å²) in [4.78, 5) is 24.1. The zero-order valence-corrected chi connectivity index (χ0v) is 15.6. The standard InChI is InChI=1S/C20H24N2O5/c1-20(2,3)27-19(24)21-13-18(23)22-16-10-5-6-11-17(16)26-15-9-7-8-14(12-15)25-4/h5-12H,13H2,1-4H3,(H,21,24)(H,22,23)/i5D,6D,10D,11D. The summed E-state index contributed by atoms with van der Waals surface area (Å²) in [7, 11) is 1.47. The molecule has 2 amide bonds. The van der Waals surface area contributed by atoms with Crippen molar-refractivity contribution in [3.63, 3.8) is 0 Å². The third-order valence-corrected chi connectivity index (χ3v) is 2.97. The van der Waals surface area contributed by atoms with E-state index in [-0.39, 0.29) is 17.2 Å². The highest BCUT2D eigenvalue weighted by Crippen LogP contribution is 2.30. The van der Waals surface area contributed by atoms with Crippen molar-refractivity contribution in [2.24, 2.45) is 0 Å². The fourth-order valence-electron chi connectivity index (χ4n) is 1.90. The summed E-state index contributed by atoms with van der Waals surface area (Å²) in [6.07, 6.45) is -0.800. The number of hydrogen-bond acceptors (Lipinski definition) is 5. The third-order valence-electron chi connectivity index (χ3n) is 2.97. The molecule has 2 rings (SSSR count). The number of ether oxygens (including phenoxy) is 3. The summed E-state index contributed by atoms with van der Waals surface area (Å²) in [6.45, 7) is 4.55. The summed E-state index contributed by atoms with van der Waals surface area (Å²) in [5.74, 6) is -0.284. The van der Waals surface area contributed by atoms with Crippen molar-refractivity contribution in [1.82, 2.24) is 5.32 Å². The van der Waals surface area contributed by atoms with E-state index in [1.165, 1.54) is 13.2 Å². The van der Waals surface area contributed by atoms with Gasteiger partial charge in [0.15, 0.2) is 5.75 Å². The van der Waals surface area contributed by atoms with Crippen LogP contribution < -0.4 is 20.1 Å². The molecular weight excluding hydrogens is 348 g/mol. The van der Waals surface area contributed by atoms with Gasteiger partial charge in [-0.2, -0.15) is 0 Å². The molecule has 0 aromatic heterocycles. The average Bonchev–Trinajstić information content (AvgIpc) is 2.70. The van der Waals surface area contributed by atoms with Crippen molar-refractivity contribution >= 4 is 17.7 Å². The molecule has 0 spiro atoms. The van der Waals surface area contributed by atoms with Crippen LogP contribution in [-0.2, 0) is 9.53 Å². The summed E-state index contributed by atoms with van der Waals surface area (Å²) >= 11 is 0. The molecule has 2 N–H and O–H groups in total. The second-order valence-electron chi connectivity index (χ2n) is 6.39. The van der Waals surface area contributed by atoms with Gasteiger partial charge in [0.1, 0.15) is 23.6 Å². The Morgan fingerprint density at radius 1 is 1.15 bits per heavy atom. The number of para-hydroxylation sites is 2. The van der Waals surface area contributed by atoms with Crippen LogP contribution in [0.3, 0.4) is 0 Å². The lowest BCUT2D eigenvalue weighted by atomic mass is 10.2. The van der Waals surface area contributed by atoms with Crippen molar-refractivity contribution < 1.29 is 29.3 Å². The Balaban J connectivity index is 2.29. The van der Waals surface area contributed by atoms with E-state index in [4.69, 9.17) is 19.7 Å². The molecule has 7 nitrogen and oxygen atoms in total. The lowest BCUT2D eigenvalue weighted by molar-refractivity contribution is -0.115. The van der Waals surface area contributed by atoms with Crippen molar-refractivity contribution in [3.8, 4) is 17.2 Å². The minimum Gasteiger partial charge on any atom is -0.497 e. The molecule has 0 aliphatic rings. The Morgan fingerprint density at radius 3 is 2.56 bits per heavy atom. The number of anilines is 1. The van der Waals surface area contributed by atoms with E-state index in [1.54, 1.807) is 39.0 Å². The van der Waals surface area contributed by atoms with Gasteiger partial charge in [-0.25, -0.2) is 4.79 Å². The van der Waals surface area contributed by atoms with Gasteiger partial charge in [-0.15, -0.1) is 0 Å². The Bertz CT molecular complexity index is 993. The molecule has 0 bridgehead atoms. The monoisotopic (exact) mass is 376 g/mol. The van der Waals surface area contributed by atoms with Gasteiger partial charge in [-0.3, -0.25) is 4.79 Å². The van der Waals surface area contributed by atoms with E-state index >= 15 is 0 Å². The van der Waals surface area contributed by atoms with Crippen LogP contribution in [0.4, 0.5) is 10.5 Å². The Hall–Kier alpha value is -3.22. The van der Waals surface area contributed by atoms with Gasteiger partial charge in [0.2, 0.25) is 5.91 Å². The molecule has 0 saturated heterocycles. The van der Waals surface area contributed by atoms with Gasteiger partial charge in [0.05, 0.1) is 18.3 Å². The smallest absolute Gasteiger partial charge is 0.408 e. The SMILES string of the molecule is [2H]c1c([2H])c([2H])c(Oc2cccc(OC)c2)c(NC(=O)CNC(=O)OC(C)(C)C)c1[2H]. The van der Waals surface area contributed by atoms with Crippen LogP contribution in [-0.4, -0.2) is 31.3 Å². The lowest BCUT2D eigenvalue weighted by Crippen LogP contribution is -2.37. The summed E-state index contributed by atoms with van der Waals surface area (Å²) in [6, 6.07) is 4.38. The second kappa shape index (κ2) is 8.93. The first-order valence-electron chi connectivity index (χ1n) is 10.1. The van der Waals surface area contributed by atoms with E-state index in [0.717, 1.165) is 0 Å². The number of benzene rings is 2. The van der Waals surface area contributed by atoms with Gasteiger partial charge >= 0.3 is 6.09 Å². The molecule has 0 saturated carbocycles. The molecule has 0 heterocycles. The Morgan fingerprint density at radius 2 is 1.85 bits per heavy atom. The number of carbonyl (C=O) groups is 2. The van der Waals surface area contributed by atoms with Crippen molar-refractivity contribution in [3.05, 3.63) is 48.4 Å². The minimum atomic E-state index is -0.800. The fourth-order valence-corrected chi connectivity index (χ4v) is 1.90. The van der Waals surface area contributed by atoms with E-state index < -0.39 is 48.3 Å². The number of amides is 2.